The second-order valence-corrected chi connectivity index (χ2v) is 4.56. The molecule has 0 radical (unpaired) electrons. The van der Waals surface area contributed by atoms with E-state index in [4.69, 9.17) is 0 Å². The molecule has 2 N–H and O–H groups in total. The van der Waals surface area contributed by atoms with Crippen LogP contribution in [0.3, 0.4) is 0 Å². The molecule has 110 valence electrons. The Kier molecular flexibility index (Phi) is 5.29. The number of amides is 1. The number of aromatic nitrogens is 2. The maximum atomic E-state index is 11.9. The second-order valence-electron chi connectivity index (χ2n) is 4.56. The molecule has 1 aromatic carbocycles. The largest absolute Gasteiger partial charge is 0.394 e. The molecule has 1 atom stereocenters. The lowest BCUT2D eigenvalue weighted by Crippen LogP contribution is -2.29. The van der Waals surface area contributed by atoms with Gasteiger partial charge in [0.2, 0.25) is 5.91 Å². The summed E-state index contributed by atoms with van der Waals surface area (Å²) in [4.78, 5) is 16.1. The first-order valence-corrected chi connectivity index (χ1v) is 6.90. The zero-order valence-corrected chi connectivity index (χ0v) is 11.9. The number of imidazole rings is 1. The molecule has 2 rings (SSSR count). The Bertz CT molecular complexity index is 605. The molecule has 0 spiro atoms. The Labute approximate surface area is 123 Å². The van der Waals surface area contributed by atoms with Crippen LogP contribution in [0.2, 0.25) is 0 Å². The number of nitrogens with one attached hydrogen (secondary N) is 1. The highest BCUT2D eigenvalue weighted by molar-refractivity contribution is 5.91. The molecule has 1 unspecified atom stereocenters. The summed E-state index contributed by atoms with van der Waals surface area (Å²) in [5, 5.41) is 12.2. The van der Waals surface area contributed by atoms with Gasteiger partial charge in [0.15, 0.2) is 0 Å². The Morgan fingerprint density at radius 1 is 1.43 bits per heavy atom. The van der Waals surface area contributed by atoms with Crippen molar-refractivity contribution in [3.63, 3.8) is 0 Å². The predicted molar refractivity (Wildman–Crippen MR) is 81.3 cm³/mol. The van der Waals surface area contributed by atoms with Crippen molar-refractivity contribution in [2.45, 2.75) is 19.5 Å². The van der Waals surface area contributed by atoms with Gasteiger partial charge >= 0.3 is 0 Å². The van der Waals surface area contributed by atoms with Crippen LogP contribution < -0.4 is 5.32 Å². The minimum absolute atomic E-state index is 0.146. The Hall–Kier alpha value is -2.40. The van der Waals surface area contributed by atoms with E-state index < -0.39 is 6.04 Å². The molecule has 1 heterocycles. The average molecular weight is 285 g/mol. The van der Waals surface area contributed by atoms with Crippen LogP contribution in [0.1, 0.15) is 24.4 Å². The highest BCUT2D eigenvalue weighted by Crippen LogP contribution is 2.11. The van der Waals surface area contributed by atoms with Crippen molar-refractivity contribution in [1.82, 2.24) is 14.9 Å². The first-order chi connectivity index (χ1) is 10.2. The molecule has 0 fully saturated rings. The summed E-state index contributed by atoms with van der Waals surface area (Å²) in [5.74, 6) is 0.469. The molecule has 5 nitrogen and oxygen atoms in total. The summed E-state index contributed by atoms with van der Waals surface area (Å²) < 4.78 is 1.94. The Morgan fingerprint density at radius 3 is 2.86 bits per heavy atom. The van der Waals surface area contributed by atoms with E-state index in [0.29, 0.717) is 0 Å². The number of aliphatic hydroxyl groups excluding tert-OH is 1. The maximum Gasteiger partial charge on any atom is 0.244 e. The van der Waals surface area contributed by atoms with Crippen molar-refractivity contribution in [3.05, 3.63) is 60.2 Å². The fourth-order valence-corrected chi connectivity index (χ4v) is 2.04. The van der Waals surface area contributed by atoms with E-state index in [1.165, 1.54) is 6.08 Å². The van der Waals surface area contributed by atoms with Gasteiger partial charge in [0, 0.05) is 25.0 Å². The molecule has 0 saturated heterocycles. The van der Waals surface area contributed by atoms with Gasteiger partial charge in [0.05, 0.1) is 12.6 Å². The molecular formula is C16H19N3O2. The molecule has 0 saturated carbocycles. The number of hydrogen-bond donors (Lipinski definition) is 2. The minimum atomic E-state index is -0.408. The SMILES string of the molecule is CCn1ccnc1/C=C/C(=O)NC(CO)c1ccccc1. The molecule has 0 aliphatic heterocycles. The quantitative estimate of drug-likeness (QED) is 0.795. The second kappa shape index (κ2) is 7.40. The third-order valence-electron chi connectivity index (χ3n) is 3.17. The van der Waals surface area contributed by atoms with E-state index >= 15 is 0 Å². The molecule has 1 aromatic heterocycles. The Morgan fingerprint density at radius 2 is 2.19 bits per heavy atom. The molecule has 0 aliphatic rings. The van der Waals surface area contributed by atoms with E-state index in [1.807, 2.05) is 48.0 Å². The van der Waals surface area contributed by atoms with Gasteiger partial charge in [-0.25, -0.2) is 4.98 Å². The third kappa shape index (κ3) is 4.03. The van der Waals surface area contributed by atoms with Crippen molar-refractivity contribution in [2.75, 3.05) is 6.61 Å². The first-order valence-electron chi connectivity index (χ1n) is 6.90. The van der Waals surface area contributed by atoms with E-state index in [2.05, 4.69) is 10.3 Å². The van der Waals surface area contributed by atoms with Gasteiger partial charge < -0.3 is 15.0 Å². The van der Waals surface area contributed by atoms with Crippen molar-refractivity contribution >= 4 is 12.0 Å². The summed E-state index contributed by atoms with van der Waals surface area (Å²) in [6.07, 6.45) is 6.65. The molecule has 0 aliphatic carbocycles. The van der Waals surface area contributed by atoms with Gasteiger partial charge in [-0.05, 0) is 18.6 Å². The summed E-state index contributed by atoms with van der Waals surface area (Å²) in [5.41, 5.74) is 0.872. The topological polar surface area (TPSA) is 67.2 Å². The summed E-state index contributed by atoms with van der Waals surface area (Å²) >= 11 is 0. The summed E-state index contributed by atoms with van der Waals surface area (Å²) in [6, 6.07) is 8.97. The molecule has 1 amide bonds. The van der Waals surface area contributed by atoms with Crippen LogP contribution in [0, 0.1) is 0 Å². The van der Waals surface area contributed by atoms with E-state index in [9.17, 15) is 9.90 Å². The highest BCUT2D eigenvalue weighted by atomic mass is 16.3. The van der Waals surface area contributed by atoms with Crippen LogP contribution in [-0.2, 0) is 11.3 Å². The predicted octanol–water partition coefficient (Wildman–Crippen LogP) is 1.77. The Balaban J connectivity index is 2.00. The van der Waals surface area contributed by atoms with Gasteiger partial charge in [-0.1, -0.05) is 30.3 Å². The number of benzene rings is 1. The third-order valence-corrected chi connectivity index (χ3v) is 3.17. The van der Waals surface area contributed by atoms with Crippen LogP contribution in [0.4, 0.5) is 0 Å². The van der Waals surface area contributed by atoms with Crippen LogP contribution >= 0.6 is 0 Å². The van der Waals surface area contributed by atoms with E-state index in [0.717, 1.165) is 17.9 Å². The number of carbonyl (C=O) groups is 1. The monoisotopic (exact) mass is 285 g/mol. The number of carbonyl (C=O) groups excluding carboxylic acids is 1. The number of hydrogen-bond acceptors (Lipinski definition) is 3. The summed E-state index contributed by atoms with van der Waals surface area (Å²) in [7, 11) is 0. The van der Waals surface area contributed by atoms with Crippen LogP contribution in [0.15, 0.2) is 48.8 Å². The van der Waals surface area contributed by atoms with E-state index in [-0.39, 0.29) is 12.5 Å². The lowest BCUT2D eigenvalue weighted by molar-refractivity contribution is -0.117. The zero-order valence-electron chi connectivity index (χ0n) is 11.9. The molecule has 2 aromatic rings. The molecule has 0 bridgehead atoms. The van der Waals surface area contributed by atoms with Crippen molar-refractivity contribution in [3.8, 4) is 0 Å². The first kappa shape index (κ1) is 15.0. The van der Waals surface area contributed by atoms with Crippen LogP contribution in [0.25, 0.3) is 6.08 Å². The van der Waals surface area contributed by atoms with E-state index in [1.54, 1.807) is 12.3 Å². The average Bonchev–Trinajstić information content (AvgIpc) is 2.99. The normalized spacial score (nSPS) is 12.5. The van der Waals surface area contributed by atoms with Gasteiger partial charge in [0.25, 0.3) is 0 Å². The number of aryl methyl sites for hydroxylation is 1. The zero-order chi connectivity index (χ0) is 15.1. The van der Waals surface area contributed by atoms with Crippen LogP contribution in [0.5, 0.6) is 0 Å². The lowest BCUT2D eigenvalue weighted by Gasteiger charge is -2.15. The smallest absolute Gasteiger partial charge is 0.244 e. The molecule has 5 heteroatoms. The van der Waals surface area contributed by atoms with Crippen molar-refractivity contribution in [2.24, 2.45) is 0 Å². The van der Waals surface area contributed by atoms with Gasteiger partial charge in [0.1, 0.15) is 5.82 Å². The standard InChI is InChI=1S/C16H19N3O2/c1-2-19-11-10-17-15(19)8-9-16(21)18-14(12-20)13-6-4-3-5-7-13/h3-11,14,20H,2,12H2,1H3,(H,18,21)/b9-8+. The summed E-state index contributed by atoms with van der Waals surface area (Å²) in [6.45, 7) is 2.66. The van der Waals surface area contributed by atoms with Crippen molar-refractivity contribution < 1.29 is 9.90 Å². The molecular weight excluding hydrogens is 266 g/mol. The fraction of sp³-hybridized carbons (Fsp3) is 0.250. The molecule has 21 heavy (non-hydrogen) atoms. The van der Waals surface area contributed by atoms with Gasteiger partial charge in [-0.15, -0.1) is 0 Å². The fourth-order valence-electron chi connectivity index (χ4n) is 2.04. The highest BCUT2D eigenvalue weighted by Gasteiger charge is 2.11. The lowest BCUT2D eigenvalue weighted by atomic mass is 10.1. The number of rotatable bonds is 6. The van der Waals surface area contributed by atoms with Crippen molar-refractivity contribution in [1.29, 1.82) is 0 Å². The van der Waals surface area contributed by atoms with Gasteiger partial charge in [-0.3, -0.25) is 4.79 Å². The minimum Gasteiger partial charge on any atom is -0.394 e. The van der Waals surface area contributed by atoms with Crippen LogP contribution in [-0.4, -0.2) is 27.2 Å². The number of aliphatic hydroxyl groups is 1. The van der Waals surface area contributed by atoms with Gasteiger partial charge in [-0.2, -0.15) is 0 Å². The number of nitrogens with zero attached hydrogens (tertiary/aromatic N) is 2. The maximum absolute atomic E-state index is 11.9.